The van der Waals surface area contributed by atoms with Gasteiger partial charge in [0.2, 0.25) is 15.9 Å². The number of sulfonamides is 1. The number of nitrogens with one attached hydrogen (secondary N) is 2. The van der Waals surface area contributed by atoms with Crippen molar-refractivity contribution >= 4 is 33.2 Å². The van der Waals surface area contributed by atoms with Gasteiger partial charge in [0.1, 0.15) is 0 Å². The average Bonchev–Trinajstić information content (AvgIpc) is 2.72. The quantitative estimate of drug-likeness (QED) is 0.603. The number of primary amides is 1. The van der Waals surface area contributed by atoms with Gasteiger partial charge in [-0.25, -0.2) is 8.42 Å². The van der Waals surface area contributed by atoms with E-state index in [0.717, 1.165) is 42.5 Å². The second kappa shape index (κ2) is 9.38. The summed E-state index contributed by atoms with van der Waals surface area (Å²) in [6.07, 6.45) is 2.70. The molecule has 0 aromatic heterocycles. The summed E-state index contributed by atoms with van der Waals surface area (Å²) in [5.41, 5.74) is 8.70. The van der Waals surface area contributed by atoms with Gasteiger partial charge in [-0.05, 0) is 43.5 Å². The first-order valence-corrected chi connectivity index (χ1v) is 12.0. The van der Waals surface area contributed by atoms with Crippen LogP contribution in [0.2, 0.25) is 0 Å². The summed E-state index contributed by atoms with van der Waals surface area (Å²) in [4.78, 5) is 26.7. The highest BCUT2D eigenvalue weighted by molar-refractivity contribution is 7.92. The minimum atomic E-state index is -3.52. The van der Waals surface area contributed by atoms with Gasteiger partial charge in [-0.3, -0.25) is 14.3 Å². The van der Waals surface area contributed by atoms with Gasteiger partial charge < -0.3 is 16.0 Å². The van der Waals surface area contributed by atoms with Crippen molar-refractivity contribution < 1.29 is 18.0 Å². The van der Waals surface area contributed by atoms with Crippen molar-refractivity contribution in [2.75, 3.05) is 29.0 Å². The number of hydrogen-bond donors (Lipinski definition) is 3. The maximum absolute atomic E-state index is 12.9. The lowest BCUT2D eigenvalue weighted by Crippen LogP contribution is -2.41. The van der Waals surface area contributed by atoms with E-state index in [0.29, 0.717) is 6.54 Å². The van der Waals surface area contributed by atoms with Crippen molar-refractivity contribution in [3.63, 3.8) is 0 Å². The minimum Gasteiger partial charge on any atom is -0.370 e. The van der Waals surface area contributed by atoms with E-state index in [1.54, 1.807) is 18.2 Å². The molecule has 0 spiro atoms. The Bertz CT molecular complexity index is 1080. The Labute approximate surface area is 182 Å². The molecule has 0 saturated carbocycles. The Kier molecular flexibility index (Phi) is 6.84. The van der Waals surface area contributed by atoms with Gasteiger partial charge in [0.25, 0.3) is 5.91 Å². The number of piperidine rings is 1. The van der Waals surface area contributed by atoms with Crippen LogP contribution in [0.15, 0.2) is 42.5 Å². The predicted molar refractivity (Wildman–Crippen MR) is 121 cm³/mol. The lowest BCUT2D eigenvalue weighted by Gasteiger charge is -2.34. The molecule has 1 aliphatic rings. The molecular formula is C22H28N4O4S. The monoisotopic (exact) mass is 444 g/mol. The zero-order valence-corrected chi connectivity index (χ0v) is 18.5. The average molecular weight is 445 g/mol. The van der Waals surface area contributed by atoms with Crippen molar-refractivity contribution in [2.24, 2.45) is 11.7 Å². The standard InChI is InChI=1S/C22H28N4O4S/c1-15-9-10-19(25-31(2,29)30)18(12-15)22(28)24-13-16-6-3-4-8-20(16)26-11-5-7-17(14-26)21(23)27/h3-4,6,8-10,12,17,25H,5,7,11,13-14H2,1-2H3,(H2,23,27)(H,24,28). The number of nitrogens with two attached hydrogens (primary N) is 1. The number of rotatable bonds is 7. The van der Waals surface area contributed by atoms with E-state index in [9.17, 15) is 18.0 Å². The number of carbonyl (C=O) groups excluding carboxylic acids is 2. The largest absolute Gasteiger partial charge is 0.370 e. The van der Waals surface area contributed by atoms with Crippen LogP contribution in [0.1, 0.15) is 34.3 Å². The number of benzene rings is 2. The molecular weight excluding hydrogens is 416 g/mol. The Morgan fingerprint density at radius 1 is 1.19 bits per heavy atom. The fraction of sp³-hybridized carbons (Fsp3) is 0.364. The first kappa shape index (κ1) is 22.6. The van der Waals surface area contributed by atoms with Crippen molar-refractivity contribution in [3.05, 3.63) is 59.2 Å². The number of amides is 2. The topological polar surface area (TPSA) is 122 Å². The summed E-state index contributed by atoms with van der Waals surface area (Å²) in [7, 11) is -3.52. The minimum absolute atomic E-state index is 0.187. The van der Waals surface area contributed by atoms with Gasteiger partial charge >= 0.3 is 0 Å². The van der Waals surface area contributed by atoms with Crippen molar-refractivity contribution in [2.45, 2.75) is 26.3 Å². The van der Waals surface area contributed by atoms with E-state index in [-0.39, 0.29) is 35.5 Å². The number of carbonyl (C=O) groups is 2. The van der Waals surface area contributed by atoms with Crippen LogP contribution in [-0.4, -0.2) is 39.6 Å². The van der Waals surface area contributed by atoms with Crippen LogP contribution in [-0.2, 0) is 21.4 Å². The third-order valence-electron chi connectivity index (χ3n) is 5.31. The molecule has 8 nitrogen and oxygen atoms in total. The molecule has 1 unspecified atom stereocenters. The summed E-state index contributed by atoms with van der Waals surface area (Å²) in [5.74, 6) is -0.854. The molecule has 0 bridgehead atoms. The first-order chi connectivity index (χ1) is 14.6. The lowest BCUT2D eigenvalue weighted by atomic mass is 9.96. The Morgan fingerprint density at radius 3 is 2.65 bits per heavy atom. The van der Waals surface area contributed by atoms with E-state index < -0.39 is 10.0 Å². The molecule has 166 valence electrons. The molecule has 1 aliphatic heterocycles. The number of hydrogen-bond acceptors (Lipinski definition) is 5. The van der Waals surface area contributed by atoms with Crippen molar-refractivity contribution in [3.8, 4) is 0 Å². The molecule has 9 heteroatoms. The molecule has 1 heterocycles. The van der Waals surface area contributed by atoms with Crippen LogP contribution in [0.3, 0.4) is 0 Å². The van der Waals surface area contributed by atoms with Gasteiger partial charge in [-0.1, -0.05) is 29.8 Å². The van der Waals surface area contributed by atoms with Crippen LogP contribution in [0.25, 0.3) is 0 Å². The van der Waals surface area contributed by atoms with Crippen LogP contribution < -0.4 is 20.7 Å². The van der Waals surface area contributed by atoms with Gasteiger partial charge in [-0.15, -0.1) is 0 Å². The zero-order chi connectivity index (χ0) is 22.6. The molecule has 1 atom stereocenters. The Morgan fingerprint density at radius 2 is 1.94 bits per heavy atom. The summed E-state index contributed by atoms with van der Waals surface area (Å²) in [6.45, 7) is 3.47. The predicted octanol–water partition coefficient (Wildman–Crippen LogP) is 2.00. The van der Waals surface area contributed by atoms with E-state index >= 15 is 0 Å². The summed E-state index contributed by atoms with van der Waals surface area (Å²) < 4.78 is 25.7. The van der Waals surface area contributed by atoms with E-state index in [1.165, 1.54) is 0 Å². The zero-order valence-electron chi connectivity index (χ0n) is 17.7. The fourth-order valence-electron chi connectivity index (χ4n) is 3.80. The van der Waals surface area contributed by atoms with Crippen LogP contribution >= 0.6 is 0 Å². The molecule has 3 rings (SSSR count). The fourth-order valence-corrected chi connectivity index (χ4v) is 4.38. The van der Waals surface area contributed by atoms with Gasteiger partial charge in [0, 0.05) is 25.3 Å². The third-order valence-corrected chi connectivity index (χ3v) is 5.90. The normalized spacial score (nSPS) is 16.6. The lowest BCUT2D eigenvalue weighted by molar-refractivity contribution is -0.122. The van der Waals surface area contributed by atoms with Crippen molar-refractivity contribution in [1.29, 1.82) is 0 Å². The van der Waals surface area contributed by atoms with Gasteiger partial charge in [0.15, 0.2) is 0 Å². The third kappa shape index (κ3) is 5.97. The van der Waals surface area contributed by atoms with Crippen LogP contribution in [0, 0.1) is 12.8 Å². The van der Waals surface area contributed by atoms with E-state index in [4.69, 9.17) is 5.73 Å². The maximum Gasteiger partial charge on any atom is 0.253 e. The molecule has 4 N–H and O–H groups in total. The number of para-hydroxylation sites is 1. The first-order valence-electron chi connectivity index (χ1n) is 10.1. The molecule has 2 amide bonds. The Balaban J connectivity index is 1.78. The SMILES string of the molecule is Cc1ccc(NS(C)(=O)=O)c(C(=O)NCc2ccccc2N2CCCC(C(N)=O)C2)c1. The number of anilines is 2. The summed E-state index contributed by atoms with van der Waals surface area (Å²) >= 11 is 0. The molecule has 2 aromatic carbocycles. The van der Waals surface area contributed by atoms with E-state index in [1.807, 2.05) is 31.2 Å². The Hall–Kier alpha value is -3.07. The molecule has 2 aromatic rings. The molecule has 0 aliphatic carbocycles. The number of aryl methyl sites for hydroxylation is 1. The van der Waals surface area contributed by atoms with Gasteiger partial charge in [0.05, 0.1) is 23.4 Å². The maximum atomic E-state index is 12.9. The van der Waals surface area contributed by atoms with Crippen LogP contribution in [0.4, 0.5) is 11.4 Å². The highest BCUT2D eigenvalue weighted by atomic mass is 32.2. The molecule has 1 fully saturated rings. The molecule has 31 heavy (non-hydrogen) atoms. The molecule has 1 saturated heterocycles. The highest BCUT2D eigenvalue weighted by Gasteiger charge is 2.25. The second-order valence-corrected chi connectivity index (χ2v) is 9.67. The van der Waals surface area contributed by atoms with E-state index in [2.05, 4.69) is 14.9 Å². The van der Waals surface area contributed by atoms with Crippen LogP contribution in [0.5, 0.6) is 0 Å². The molecule has 0 radical (unpaired) electrons. The van der Waals surface area contributed by atoms with Gasteiger partial charge in [-0.2, -0.15) is 0 Å². The smallest absolute Gasteiger partial charge is 0.253 e. The summed E-state index contributed by atoms with van der Waals surface area (Å²) in [6, 6.07) is 12.7. The summed E-state index contributed by atoms with van der Waals surface area (Å²) in [5, 5.41) is 2.89. The second-order valence-electron chi connectivity index (χ2n) is 7.92. The number of nitrogens with zero attached hydrogens (tertiary/aromatic N) is 1. The van der Waals surface area contributed by atoms with Crippen molar-refractivity contribution in [1.82, 2.24) is 5.32 Å². The highest BCUT2D eigenvalue weighted by Crippen LogP contribution is 2.27.